The number of hydrogen-bond donors (Lipinski definition) is 1. The van der Waals surface area contributed by atoms with Gasteiger partial charge in [0.15, 0.2) is 5.82 Å². The number of ether oxygens (including phenoxy) is 1. The monoisotopic (exact) mass is 416 g/mol. The molecule has 0 aliphatic rings. The first-order chi connectivity index (χ1) is 13.8. The molecule has 0 radical (unpaired) electrons. The zero-order chi connectivity index (χ0) is 21.3. The van der Waals surface area contributed by atoms with Gasteiger partial charge in [0.2, 0.25) is 5.91 Å². The third-order valence-electron chi connectivity index (χ3n) is 5.24. The van der Waals surface area contributed by atoms with Crippen LogP contribution in [0.3, 0.4) is 0 Å². The molecule has 0 bridgehead atoms. The third-order valence-corrected chi connectivity index (χ3v) is 5.55. The van der Waals surface area contributed by atoms with Crippen LogP contribution in [0.25, 0.3) is 16.9 Å². The number of aromatic nitrogens is 3. The first-order valence-electron chi connectivity index (χ1n) is 9.57. The van der Waals surface area contributed by atoms with Crippen LogP contribution in [-0.2, 0) is 11.3 Å². The van der Waals surface area contributed by atoms with E-state index >= 15 is 0 Å². The average molecular weight is 417 g/mol. The molecule has 1 amide bonds. The van der Waals surface area contributed by atoms with Crippen molar-refractivity contribution in [3.8, 4) is 17.1 Å². The van der Waals surface area contributed by atoms with Crippen LogP contribution in [0.1, 0.15) is 43.9 Å². The summed E-state index contributed by atoms with van der Waals surface area (Å²) in [5, 5.41) is 5.05. The van der Waals surface area contributed by atoms with Gasteiger partial charge in [-0.15, -0.1) is 5.10 Å². The number of fused-ring (bicyclic) bond motifs is 1. The summed E-state index contributed by atoms with van der Waals surface area (Å²) < 4.78 is 8.14. The molecule has 2 heterocycles. The van der Waals surface area contributed by atoms with Gasteiger partial charge in [-0.1, -0.05) is 25.4 Å². The van der Waals surface area contributed by atoms with Crippen molar-refractivity contribution in [3.05, 3.63) is 50.9 Å². The van der Waals surface area contributed by atoms with Crippen LogP contribution in [0.4, 0.5) is 0 Å². The van der Waals surface area contributed by atoms with E-state index in [1.54, 1.807) is 29.8 Å². The molecule has 0 atom stereocenters. The number of primary amides is 1. The third kappa shape index (κ3) is 3.74. The Hall–Kier alpha value is -2.80. The lowest BCUT2D eigenvalue weighted by molar-refractivity contribution is -0.118. The Balaban J connectivity index is 2.38. The molecule has 2 N–H and O–H groups in total. The number of aryl methyl sites for hydroxylation is 1. The second kappa shape index (κ2) is 8.29. The summed E-state index contributed by atoms with van der Waals surface area (Å²) in [7, 11) is 1.54. The predicted octanol–water partition coefficient (Wildman–Crippen LogP) is 3.52. The number of hydrogen-bond acceptors (Lipinski definition) is 4. The molecule has 3 aromatic rings. The van der Waals surface area contributed by atoms with Crippen molar-refractivity contribution in [1.82, 2.24) is 14.2 Å². The van der Waals surface area contributed by atoms with Gasteiger partial charge < -0.3 is 10.5 Å². The molecule has 8 heteroatoms. The maximum absolute atomic E-state index is 13.5. The molecular formula is C21H25ClN4O3. The summed E-state index contributed by atoms with van der Waals surface area (Å²) in [6.45, 7) is 5.80. The molecule has 1 aromatic carbocycles. The number of carbonyl (C=O) groups is 1. The fraction of sp³-hybridized carbons (Fsp3) is 0.381. The Morgan fingerprint density at radius 1 is 1.28 bits per heavy atom. The van der Waals surface area contributed by atoms with Gasteiger partial charge in [0.1, 0.15) is 17.8 Å². The van der Waals surface area contributed by atoms with Gasteiger partial charge in [-0.3, -0.25) is 14.2 Å². The molecule has 0 fully saturated rings. The second-order valence-electron chi connectivity index (χ2n) is 7.04. The van der Waals surface area contributed by atoms with E-state index in [0.717, 1.165) is 24.1 Å². The summed E-state index contributed by atoms with van der Waals surface area (Å²) in [4.78, 5) is 25.2. The van der Waals surface area contributed by atoms with Gasteiger partial charge in [-0.25, -0.2) is 4.52 Å². The second-order valence-corrected chi connectivity index (χ2v) is 7.45. The van der Waals surface area contributed by atoms with Crippen molar-refractivity contribution in [1.29, 1.82) is 0 Å². The minimum Gasteiger partial charge on any atom is -0.497 e. The first-order valence-corrected chi connectivity index (χ1v) is 9.95. The predicted molar refractivity (Wildman–Crippen MR) is 114 cm³/mol. The average Bonchev–Trinajstić information content (AvgIpc) is 3.01. The van der Waals surface area contributed by atoms with Crippen LogP contribution in [0.5, 0.6) is 5.75 Å². The van der Waals surface area contributed by atoms with E-state index in [1.807, 2.05) is 13.0 Å². The fourth-order valence-electron chi connectivity index (χ4n) is 3.71. The molecule has 0 spiro atoms. The molecule has 0 saturated carbocycles. The zero-order valence-electron chi connectivity index (χ0n) is 17.0. The SMILES string of the molecule is CCC(CC)c1cc(C)n2nc(-c3ccc(OC)cc3Cl)n(CC(N)=O)c(=O)c12. The Morgan fingerprint density at radius 3 is 2.52 bits per heavy atom. The van der Waals surface area contributed by atoms with Gasteiger partial charge in [-0.05, 0) is 55.5 Å². The standard InChI is InChI=1S/C21H25ClN4O3/c1-5-13(6-2)16-9-12(3)26-19(16)21(28)25(11-18(23)27)20(24-26)15-8-7-14(29-4)10-17(15)22/h7-10,13H,5-6,11H2,1-4H3,(H2,23,27). The lowest BCUT2D eigenvalue weighted by Gasteiger charge is -2.15. The summed E-state index contributed by atoms with van der Waals surface area (Å²) >= 11 is 6.43. The van der Waals surface area contributed by atoms with Crippen molar-refractivity contribution >= 4 is 23.0 Å². The topological polar surface area (TPSA) is 91.6 Å². The van der Waals surface area contributed by atoms with Gasteiger partial charge in [0.25, 0.3) is 5.56 Å². The number of benzene rings is 1. The number of nitrogens with zero attached hydrogens (tertiary/aromatic N) is 3. The largest absolute Gasteiger partial charge is 0.497 e. The van der Waals surface area contributed by atoms with E-state index in [0.29, 0.717) is 21.9 Å². The number of methoxy groups -OCH3 is 1. The molecular weight excluding hydrogens is 392 g/mol. The first kappa shape index (κ1) is 20.9. The van der Waals surface area contributed by atoms with Gasteiger partial charge >= 0.3 is 0 Å². The summed E-state index contributed by atoms with van der Waals surface area (Å²) in [6.07, 6.45) is 1.80. The summed E-state index contributed by atoms with van der Waals surface area (Å²) in [6, 6.07) is 7.08. The summed E-state index contributed by atoms with van der Waals surface area (Å²) in [5.74, 6) is 0.461. The van der Waals surface area contributed by atoms with Crippen molar-refractivity contribution in [2.45, 2.75) is 46.1 Å². The number of nitrogens with two attached hydrogens (primary N) is 1. The number of amides is 1. The molecule has 2 aromatic heterocycles. The summed E-state index contributed by atoms with van der Waals surface area (Å²) in [5.41, 5.74) is 7.91. The Kier molecular flexibility index (Phi) is 5.98. The number of carbonyl (C=O) groups excluding carboxylic acids is 1. The van der Waals surface area contributed by atoms with Crippen LogP contribution >= 0.6 is 11.6 Å². The Bertz CT molecular complexity index is 1130. The van der Waals surface area contributed by atoms with E-state index in [9.17, 15) is 9.59 Å². The van der Waals surface area contributed by atoms with Gasteiger partial charge in [0.05, 0.1) is 12.1 Å². The smallest absolute Gasteiger partial charge is 0.278 e. The van der Waals surface area contributed by atoms with Gasteiger partial charge in [-0.2, -0.15) is 0 Å². The maximum Gasteiger partial charge on any atom is 0.278 e. The van der Waals surface area contributed by atoms with Gasteiger partial charge in [0, 0.05) is 11.3 Å². The number of rotatable bonds is 7. The molecule has 7 nitrogen and oxygen atoms in total. The van der Waals surface area contributed by atoms with Crippen LogP contribution in [0.15, 0.2) is 29.1 Å². The van der Waals surface area contributed by atoms with Crippen LogP contribution in [0, 0.1) is 6.92 Å². The minimum absolute atomic E-state index is 0.227. The van der Waals surface area contributed by atoms with Crippen LogP contribution < -0.4 is 16.0 Å². The highest BCUT2D eigenvalue weighted by atomic mass is 35.5. The normalized spacial score (nSPS) is 11.4. The molecule has 0 saturated heterocycles. The highest BCUT2D eigenvalue weighted by Gasteiger charge is 2.23. The zero-order valence-corrected chi connectivity index (χ0v) is 17.8. The van der Waals surface area contributed by atoms with Crippen molar-refractivity contribution in [2.75, 3.05) is 7.11 Å². The molecule has 0 unspecified atom stereocenters. The van der Waals surface area contributed by atoms with Crippen LogP contribution in [-0.4, -0.2) is 27.2 Å². The van der Waals surface area contributed by atoms with Crippen molar-refractivity contribution in [3.63, 3.8) is 0 Å². The van der Waals surface area contributed by atoms with E-state index < -0.39 is 5.91 Å². The quantitative estimate of drug-likeness (QED) is 0.637. The van der Waals surface area contributed by atoms with Crippen LogP contribution in [0.2, 0.25) is 5.02 Å². The fourth-order valence-corrected chi connectivity index (χ4v) is 3.97. The molecule has 0 aliphatic carbocycles. The number of halogens is 1. The lowest BCUT2D eigenvalue weighted by Crippen LogP contribution is -2.32. The van der Waals surface area contributed by atoms with E-state index in [4.69, 9.17) is 27.2 Å². The highest BCUT2D eigenvalue weighted by molar-refractivity contribution is 6.33. The van der Waals surface area contributed by atoms with E-state index in [-0.39, 0.29) is 23.8 Å². The Labute approximate surface area is 174 Å². The molecule has 29 heavy (non-hydrogen) atoms. The van der Waals surface area contributed by atoms with Crippen molar-refractivity contribution in [2.24, 2.45) is 5.73 Å². The lowest BCUT2D eigenvalue weighted by atomic mass is 9.95. The van der Waals surface area contributed by atoms with E-state index in [2.05, 4.69) is 13.8 Å². The minimum atomic E-state index is -0.628. The maximum atomic E-state index is 13.5. The molecule has 154 valence electrons. The molecule has 3 rings (SSSR count). The van der Waals surface area contributed by atoms with E-state index in [1.165, 1.54) is 4.57 Å². The van der Waals surface area contributed by atoms with Crippen molar-refractivity contribution < 1.29 is 9.53 Å². The Morgan fingerprint density at radius 2 is 1.97 bits per heavy atom. The molecule has 0 aliphatic heterocycles. The highest BCUT2D eigenvalue weighted by Crippen LogP contribution is 2.32.